The molecule has 124 valence electrons. The predicted molar refractivity (Wildman–Crippen MR) is 93.2 cm³/mol. The van der Waals surface area contributed by atoms with Crippen molar-refractivity contribution in [3.63, 3.8) is 0 Å². The Balaban J connectivity index is 1.51. The number of fused-ring (bicyclic) bond motifs is 1. The number of rotatable bonds is 5. The fourth-order valence-electron chi connectivity index (χ4n) is 3.15. The van der Waals surface area contributed by atoms with Crippen molar-refractivity contribution in [3.05, 3.63) is 36.9 Å². The zero-order valence-electron chi connectivity index (χ0n) is 13.6. The molecule has 0 aromatic carbocycles. The van der Waals surface area contributed by atoms with E-state index in [0.29, 0.717) is 0 Å². The van der Waals surface area contributed by atoms with E-state index in [1.54, 1.807) is 23.4 Å². The number of nitrogens with one attached hydrogen (secondary N) is 1. The van der Waals surface area contributed by atoms with Gasteiger partial charge in [-0.2, -0.15) is 9.78 Å². The van der Waals surface area contributed by atoms with Gasteiger partial charge in [-0.1, -0.05) is 12.5 Å². The third kappa shape index (κ3) is 3.07. The SMILES string of the molecule is c1ccc(-n2ncc3c(NCCN4CCCCC4)ncnc32)nc1. The summed E-state index contributed by atoms with van der Waals surface area (Å²) < 4.78 is 1.74. The maximum atomic E-state index is 4.43. The Hall–Kier alpha value is -2.54. The Morgan fingerprint density at radius 3 is 2.79 bits per heavy atom. The Morgan fingerprint density at radius 2 is 1.96 bits per heavy atom. The lowest BCUT2D eigenvalue weighted by atomic mass is 10.1. The Labute approximate surface area is 140 Å². The van der Waals surface area contributed by atoms with Crippen molar-refractivity contribution in [3.8, 4) is 5.82 Å². The van der Waals surface area contributed by atoms with E-state index in [9.17, 15) is 0 Å². The van der Waals surface area contributed by atoms with Crippen LogP contribution in [0.2, 0.25) is 0 Å². The molecule has 0 bridgehead atoms. The predicted octanol–water partition coefficient (Wildman–Crippen LogP) is 2.11. The van der Waals surface area contributed by atoms with Gasteiger partial charge >= 0.3 is 0 Å². The third-order valence-electron chi connectivity index (χ3n) is 4.40. The van der Waals surface area contributed by atoms with Crippen LogP contribution in [0.5, 0.6) is 0 Å². The van der Waals surface area contributed by atoms with Crippen molar-refractivity contribution >= 4 is 16.9 Å². The zero-order valence-corrected chi connectivity index (χ0v) is 13.6. The first-order chi connectivity index (χ1) is 11.9. The molecule has 0 saturated carbocycles. The second kappa shape index (κ2) is 6.92. The minimum absolute atomic E-state index is 0.755. The highest BCUT2D eigenvalue weighted by Gasteiger charge is 2.13. The fourth-order valence-corrected chi connectivity index (χ4v) is 3.15. The number of pyridine rings is 1. The lowest BCUT2D eigenvalue weighted by molar-refractivity contribution is 0.237. The van der Waals surface area contributed by atoms with E-state index < -0.39 is 0 Å². The van der Waals surface area contributed by atoms with Crippen LogP contribution in [-0.4, -0.2) is 55.8 Å². The second-order valence-corrected chi connectivity index (χ2v) is 6.03. The number of hydrogen-bond donors (Lipinski definition) is 1. The molecule has 0 unspecified atom stereocenters. The minimum Gasteiger partial charge on any atom is -0.368 e. The molecule has 24 heavy (non-hydrogen) atoms. The van der Waals surface area contributed by atoms with E-state index >= 15 is 0 Å². The van der Waals surface area contributed by atoms with Crippen LogP contribution in [0, 0.1) is 0 Å². The summed E-state index contributed by atoms with van der Waals surface area (Å²) in [6.07, 6.45) is 9.12. The van der Waals surface area contributed by atoms with Crippen molar-refractivity contribution in [2.24, 2.45) is 0 Å². The van der Waals surface area contributed by atoms with Crippen molar-refractivity contribution in [1.29, 1.82) is 0 Å². The number of piperidine rings is 1. The molecule has 1 aliphatic heterocycles. The summed E-state index contributed by atoms with van der Waals surface area (Å²) >= 11 is 0. The number of hydrogen-bond acceptors (Lipinski definition) is 6. The maximum absolute atomic E-state index is 4.43. The van der Waals surface area contributed by atoms with Crippen LogP contribution in [0.15, 0.2) is 36.9 Å². The van der Waals surface area contributed by atoms with Gasteiger partial charge in [0, 0.05) is 19.3 Å². The van der Waals surface area contributed by atoms with Gasteiger partial charge in [-0.15, -0.1) is 0 Å². The molecule has 3 aromatic heterocycles. The molecular formula is C17H21N7. The van der Waals surface area contributed by atoms with Gasteiger partial charge in [0.2, 0.25) is 0 Å². The van der Waals surface area contributed by atoms with Crippen molar-refractivity contribution in [2.75, 3.05) is 31.5 Å². The zero-order chi connectivity index (χ0) is 16.2. The van der Waals surface area contributed by atoms with Gasteiger partial charge in [0.1, 0.15) is 12.1 Å². The summed E-state index contributed by atoms with van der Waals surface area (Å²) in [5.41, 5.74) is 0.768. The Kier molecular flexibility index (Phi) is 4.33. The smallest absolute Gasteiger partial charge is 0.170 e. The molecule has 3 aromatic rings. The first-order valence-corrected chi connectivity index (χ1v) is 8.48. The molecule has 1 N–H and O–H groups in total. The number of likely N-dealkylation sites (tertiary alicyclic amines) is 1. The molecule has 1 fully saturated rings. The van der Waals surface area contributed by atoms with E-state index in [2.05, 4.69) is 30.3 Å². The standard InChI is InChI=1S/C17H21N7/c1-4-9-23(10-5-1)11-8-19-16-14-12-22-24(17(14)21-13-20-16)15-6-2-3-7-18-15/h2-3,6-7,12-13H,1,4-5,8-11H2,(H,19,20,21). The number of aromatic nitrogens is 5. The summed E-state index contributed by atoms with van der Waals surface area (Å²) in [7, 11) is 0. The van der Waals surface area contributed by atoms with Crippen LogP contribution in [0.3, 0.4) is 0 Å². The van der Waals surface area contributed by atoms with Crippen LogP contribution in [0.4, 0.5) is 5.82 Å². The summed E-state index contributed by atoms with van der Waals surface area (Å²) in [5, 5.41) is 8.78. The lowest BCUT2D eigenvalue weighted by Crippen LogP contribution is -2.33. The molecule has 7 nitrogen and oxygen atoms in total. The molecule has 0 spiro atoms. The normalized spacial score (nSPS) is 15.7. The first-order valence-electron chi connectivity index (χ1n) is 8.48. The van der Waals surface area contributed by atoms with E-state index in [1.807, 2.05) is 18.2 Å². The van der Waals surface area contributed by atoms with Gasteiger partial charge in [-0.05, 0) is 38.1 Å². The lowest BCUT2D eigenvalue weighted by Gasteiger charge is -2.26. The number of nitrogens with zero attached hydrogens (tertiary/aromatic N) is 6. The van der Waals surface area contributed by atoms with Gasteiger partial charge in [0.05, 0.1) is 11.6 Å². The van der Waals surface area contributed by atoms with Crippen LogP contribution >= 0.6 is 0 Å². The van der Waals surface area contributed by atoms with Crippen LogP contribution < -0.4 is 5.32 Å². The van der Waals surface area contributed by atoms with E-state index in [0.717, 1.165) is 35.8 Å². The first kappa shape index (κ1) is 15.0. The molecule has 4 heterocycles. The van der Waals surface area contributed by atoms with Crippen LogP contribution in [0.25, 0.3) is 16.9 Å². The quantitative estimate of drug-likeness (QED) is 0.775. The minimum atomic E-state index is 0.755. The molecule has 0 aliphatic carbocycles. The topological polar surface area (TPSA) is 71.8 Å². The third-order valence-corrected chi connectivity index (χ3v) is 4.40. The van der Waals surface area contributed by atoms with Crippen molar-refractivity contribution < 1.29 is 0 Å². The van der Waals surface area contributed by atoms with Crippen LogP contribution in [-0.2, 0) is 0 Å². The highest BCUT2D eigenvalue weighted by molar-refractivity contribution is 5.86. The molecule has 0 radical (unpaired) electrons. The molecule has 1 saturated heterocycles. The van der Waals surface area contributed by atoms with Gasteiger partial charge in [0.25, 0.3) is 0 Å². The molecule has 4 rings (SSSR count). The Bertz CT molecular complexity index is 793. The average Bonchev–Trinajstić information content (AvgIpc) is 3.08. The van der Waals surface area contributed by atoms with E-state index in [4.69, 9.17) is 0 Å². The van der Waals surface area contributed by atoms with Gasteiger partial charge in [-0.25, -0.2) is 15.0 Å². The van der Waals surface area contributed by atoms with Gasteiger partial charge < -0.3 is 10.2 Å². The van der Waals surface area contributed by atoms with E-state index in [1.165, 1.54) is 32.4 Å². The van der Waals surface area contributed by atoms with E-state index in [-0.39, 0.29) is 0 Å². The average molecular weight is 323 g/mol. The molecule has 1 aliphatic rings. The molecule has 0 amide bonds. The summed E-state index contributed by atoms with van der Waals surface area (Å²) in [6, 6.07) is 5.74. The largest absolute Gasteiger partial charge is 0.368 e. The second-order valence-electron chi connectivity index (χ2n) is 6.03. The summed E-state index contributed by atoms with van der Waals surface area (Å²) in [5.74, 6) is 1.59. The summed E-state index contributed by atoms with van der Waals surface area (Å²) in [4.78, 5) is 15.6. The summed E-state index contributed by atoms with van der Waals surface area (Å²) in [6.45, 7) is 4.33. The monoisotopic (exact) mass is 323 g/mol. The maximum Gasteiger partial charge on any atom is 0.170 e. The van der Waals surface area contributed by atoms with Crippen LogP contribution in [0.1, 0.15) is 19.3 Å². The fraction of sp³-hybridized carbons (Fsp3) is 0.412. The van der Waals surface area contributed by atoms with Gasteiger partial charge in [0.15, 0.2) is 11.5 Å². The Morgan fingerprint density at radius 1 is 1.04 bits per heavy atom. The highest BCUT2D eigenvalue weighted by Crippen LogP contribution is 2.20. The molecule has 0 atom stereocenters. The molecular weight excluding hydrogens is 302 g/mol. The van der Waals surface area contributed by atoms with Crippen molar-refractivity contribution in [2.45, 2.75) is 19.3 Å². The van der Waals surface area contributed by atoms with Gasteiger partial charge in [-0.3, -0.25) is 0 Å². The highest BCUT2D eigenvalue weighted by atomic mass is 15.3. The van der Waals surface area contributed by atoms with Crippen molar-refractivity contribution in [1.82, 2.24) is 29.6 Å². The molecule has 7 heteroatoms. The number of anilines is 1.